The van der Waals surface area contributed by atoms with Crippen LogP contribution >= 0.6 is 12.2 Å². The third kappa shape index (κ3) is 4.76. The van der Waals surface area contributed by atoms with Crippen LogP contribution in [0.2, 0.25) is 0 Å². The molecule has 0 bridgehead atoms. The van der Waals surface area contributed by atoms with E-state index in [0.29, 0.717) is 0 Å². The molecule has 0 heterocycles. The number of amides is 2. The molecular formula is C8H15N3O2S. The maximum atomic E-state index is 11.1. The molecule has 0 fully saturated rings. The number of primary amides is 1. The minimum atomic E-state index is -0.758. The molecule has 14 heavy (non-hydrogen) atoms. The average molecular weight is 217 g/mol. The molecule has 5 nitrogen and oxygen atoms in total. The number of thiocarbonyl (C=S) groups is 1. The molecule has 0 saturated heterocycles. The van der Waals surface area contributed by atoms with Crippen LogP contribution in [0.5, 0.6) is 0 Å². The van der Waals surface area contributed by atoms with Crippen LogP contribution in [0.3, 0.4) is 0 Å². The van der Waals surface area contributed by atoms with E-state index in [2.05, 4.69) is 17.5 Å². The van der Waals surface area contributed by atoms with Gasteiger partial charge in [-0.3, -0.25) is 9.59 Å². The molecule has 0 rings (SSSR count). The maximum absolute atomic E-state index is 11.1. The summed E-state index contributed by atoms with van der Waals surface area (Å²) >= 11 is 4.56. The Morgan fingerprint density at radius 2 is 1.86 bits per heavy atom. The molecule has 5 N–H and O–H groups in total. The quantitative estimate of drug-likeness (QED) is 0.530. The first-order chi connectivity index (χ1) is 6.25. The van der Waals surface area contributed by atoms with Gasteiger partial charge in [-0.05, 0) is 13.8 Å². The largest absolute Gasteiger partial charge is 0.393 e. The van der Waals surface area contributed by atoms with Gasteiger partial charge in [0.2, 0.25) is 11.8 Å². The first-order valence-electron chi connectivity index (χ1n) is 4.10. The lowest BCUT2D eigenvalue weighted by Crippen LogP contribution is -2.43. The molecule has 80 valence electrons. The van der Waals surface area contributed by atoms with Crippen molar-refractivity contribution in [1.82, 2.24) is 5.32 Å². The van der Waals surface area contributed by atoms with E-state index in [-0.39, 0.29) is 23.9 Å². The van der Waals surface area contributed by atoms with Gasteiger partial charge in [-0.15, -0.1) is 0 Å². The van der Waals surface area contributed by atoms with Crippen LogP contribution in [0.1, 0.15) is 20.3 Å². The predicted molar refractivity (Wildman–Crippen MR) is 57.4 cm³/mol. The fraction of sp³-hybridized carbons (Fsp3) is 0.625. The normalized spacial score (nSPS) is 10.7. The van der Waals surface area contributed by atoms with Crippen molar-refractivity contribution in [3.63, 3.8) is 0 Å². The van der Waals surface area contributed by atoms with Crippen LogP contribution in [0.25, 0.3) is 0 Å². The SMILES string of the molecule is CC(C)(CNC(=O)CC(N)=S)C(N)=O. The highest BCUT2D eigenvalue weighted by molar-refractivity contribution is 7.80. The predicted octanol–water partition coefficient (Wildman–Crippen LogP) is -0.710. The summed E-state index contributed by atoms with van der Waals surface area (Å²) in [5.41, 5.74) is 9.53. The van der Waals surface area contributed by atoms with E-state index < -0.39 is 11.3 Å². The third-order valence-corrected chi connectivity index (χ3v) is 1.87. The zero-order valence-electron chi connectivity index (χ0n) is 8.29. The Morgan fingerprint density at radius 1 is 1.36 bits per heavy atom. The zero-order valence-corrected chi connectivity index (χ0v) is 9.11. The van der Waals surface area contributed by atoms with Crippen molar-refractivity contribution >= 4 is 29.0 Å². The molecule has 2 amide bonds. The number of hydrogen-bond donors (Lipinski definition) is 3. The first kappa shape index (κ1) is 12.8. The lowest BCUT2D eigenvalue weighted by atomic mass is 9.93. The van der Waals surface area contributed by atoms with Crippen LogP contribution in [0, 0.1) is 5.41 Å². The highest BCUT2D eigenvalue weighted by Crippen LogP contribution is 2.11. The minimum absolute atomic E-state index is 0.00975. The van der Waals surface area contributed by atoms with Crippen LogP contribution in [-0.2, 0) is 9.59 Å². The molecule has 0 unspecified atom stereocenters. The smallest absolute Gasteiger partial charge is 0.226 e. The molecule has 0 aromatic rings. The molecule has 0 atom stereocenters. The van der Waals surface area contributed by atoms with Crippen molar-refractivity contribution in [1.29, 1.82) is 0 Å². The molecule has 0 aliphatic heterocycles. The second-order valence-electron chi connectivity index (χ2n) is 3.67. The number of rotatable bonds is 5. The number of nitrogens with two attached hydrogens (primary N) is 2. The van der Waals surface area contributed by atoms with Crippen molar-refractivity contribution in [3.8, 4) is 0 Å². The molecule has 0 aromatic heterocycles. The van der Waals surface area contributed by atoms with E-state index in [1.165, 1.54) is 0 Å². The molecule has 0 aliphatic carbocycles. The van der Waals surface area contributed by atoms with Gasteiger partial charge in [0, 0.05) is 6.54 Å². The molecule has 6 heteroatoms. The summed E-state index contributed by atoms with van der Waals surface area (Å²) in [7, 11) is 0. The van der Waals surface area contributed by atoms with Gasteiger partial charge in [0.05, 0.1) is 16.8 Å². The Balaban J connectivity index is 4.00. The van der Waals surface area contributed by atoms with E-state index >= 15 is 0 Å². The Hall–Kier alpha value is -1.17. The molecule has 0 aromatic carbocycles. The van der Waals surface area contributed by atoms with Gasteiger partial charge < -0.3 is 16.8 Å². The van der Waals surface area contributed by atoms with Gasteiger partial charge in [-0.25, -0.2) is 0 Å². The Bertz CT molecular complexity index is 263. The van der Waals surface area contributed by atoms with Crippen LogP contribution in [0.4, 0.5) is 0 Å². The summed E-state index contributed by atoms with van der Waals surface area (Å²) < 4.78 is 0. The second-order valence-corrected chi connectivity index (χ2v) is 4.19. The summed E-state index contributed by atoms with van der Waals surface area (Å²) in [6.45, 7) is 3.48. The van der Waals surface area contributed by atoms with Gasteiger partial charge >= 0.3 is 0 Å². The topological polar surface area (TPSA) is 98.2 Å². The lowest BCUT2D eigenvalue weighted by Gasteiger charge is -2.20. The van der Waals surface area contributed by atoms with Crippen LogP contribution in [0.15, 0.2) is 0 Å². The van der Waals surface area contributed by atoms with E-state index in [9.17, 15) is 9.59 Å². The van der Waals surface area contributed by atoms with Crippen molar-refractivity contribution in [3.05, 3.63) is 0 Å². The van der Waals surface area contributed by atoms with Crippen LogP contribution in [-0.4, -0.2) is 23.3 Å². The van der Waals surface area contributed by atoms with Gasteiger partial charge in [0.15, 0.2) is 0 Å². The summed E-state index contributed by atoms with van der Waals surface area (Å²) in [5.74, 6) is -0.764. The van der Waals surface area contributed by atoms with Gasteiger partial charge in [0.1, 0.15) is 0 Å². The van der Waals surface area contributed by atoms with Crippen molar-refractivity contribution in [2.75, 3.05) is 6.54 Å². The van der Waals surface area contributed by atoms with Gasteiger partial charge in [-0.1, -0.05) is 12.2 Å². The highest BCUT2D eigenvalue weighted by atomic mass is 32.1. The van der Waals surface area contributed by atoms with E-state index in [4.69, 9.17) is 11.5 Å². The minimum Gasteiger partial charge on any atom is -0.393 e. The van der Waals surface area contributed by atoms with Crippen LogP contribution < -0.4 is 16.8 Å². The summed E-state index contributed by atoms with van der Waals surface area (Å²) in [6.07, 6.45) is -0.00975. The molecule has 0 spiro atoms. The Morgan fingerprint density at radius 3 is 2.21 bits per heavy atom. The fourth-order valence-electron chi connectivity index (χ4n) is 0.627. The number of hydrogen-bond acceptors (Lipinski definition) is 3. The van der Waals surface area contributed by atoms with E-state index in [0.717, 1.165) is 0 Å². The van der Waals surface area contributed by atoms with Crippen molar-refractivity contribution in [2.24, 2.45) is 16.9 Å². The monoisotopic (exact) mass is 217 g/mol. The fourth-order valence-corrected chi connectivity index (χ4v) is 0.759. The maximum Gasteiger partial charge on any atom is 0.226 e. The summed E-state index contributed by atoms with van der Waals surface area (Å²) in [6, 6.07) is 0. The molecule has 0 radical (unpaired) electrons. The Kier molecular flexibility index (Phi) is 4.49. The van der Waals surface area contributed by atoms with Crippen molar-refractivity contribution in [2.45, 2.75) is 20.3 Å². The van der Waals surface area contributed by atoms with Crippen molar-refractivity contribution < 1.29 is 9.59 Å². The average Bonchev–Trinajstić information content (AvgIpc) is 1.99. The van der Waals surface area contributed by atoms with E-state index in [1.54, 1.807) is 13.8 Å². The number of nitrogens with one attached hydrogen (secondary N) is 1. The zero-order chi connectivity index (χ0) is 11.4. The second kappa shape index (κ2) is 4.90. The molecular weight excluding hydrogens is 202 g/mol. The standard InChI is InChI=1S/C8H15N3O2S/c1-8(2,7(10)13)4-11-6(12)3-5(9)14/h3-4H2,1-2H3,(H2,9,14)(H2,10,13)(H,11,12). The summed E-state index contributed by atoms with van der Waals surface area (Å²) in [5, 5.41) is 2.53. The number of carbonyl (C=O) groups excluding carboxylic acids is 2. The molecule has 0 aliphatic rings. The highest BCUT2D eigenvalue weighted by Gasteiger charge is 2.25. The van der Waals surface area contributed by atoms with E-state index in [1.807, 2.05) is 0 Å². The van der Waals surface area contributed by atoms with Gasteiger partial charge in [0.25, 0.3) is 0 Å². The Labute approximate surface area is 88.2 Å². The summed E-state index contributed by atoms with van der Waals surface area (Å²) in [4.78, 5) is 22.1. The molecule has 0 saturated carbocycles. The lowest BCUT2D eigenvalue weighted by molar-refractivity contribution is -0.126. The third-order valence-electron chi connectivity index (χ3n) is 1.73. The first-order valence-corrected chi connectivity index (χ1v) is 4.51. The number of carbonyl (C=O) groups is 2. The van der Waals surface area contributed by atoms with Gasteiger partial charge in [-0.2, -0.15) is 0 Å².